The molecule has 0 N–H and O–H groups in total. The predicted molar refractivity (Wildman–Crippen MR) is 288 cm³/mol. The molecule has 0 saturated carbocycles. The highest BCUT2D eigenvalue weighted by atomic mass is 35.5. The van der Waals surface area contributed by atoms with Gasteiger partial charge in [0.05, 0.1) is 0 Å². The van der Waals surface area contributed by atoms with Crippen molar-refractivity contribution in [2.75, 3.05) is 0 Å². The molecule has 0 aromatic heterocycles. The van der Waals surface area contributed by atoms with Crippen LogP contribution in [-0.4, -0.2) is 0 Å². The van der Waals surface area contributed by atoms with Gasteiger partial charge in [0, 0.05) is 10.6 Å². The molecule has 8 aromatic carbocycles. The van der Waals surface area contributed by atoms with E-state index in [1.165, 1.54) is 78.4 Å². The molecule has 340 valence electrons. The summed E-state index contributed by atoms with van der Waals surface area (Å²) in [5, 5.41) is 0.661. The lowest BCUT2D eigenvalue weighted by molar-refractivity contribution is 0.630. The Morgan fingerprint density at radius 2 is 0.848 bits per heavy atom. The Balaban J connectivity index is 0.000000165. The SMILES string of the molecule is CC(C)c1ccc(F)c(-c2ccc(Cl)cc2)c1.Cc1ccc(-c2cccc(C(C)C)c2)cc1.Cc1ccc(C(C)C)c(-c2ccccc2)c1.Cc1cccc(-c2cccc(C(C)C)c2)c1C. The Bertz CT molecular complexity index is 2740. The van der Waals surface area contributed by atoms with E-state index in [1.54, 1.807) is 12.1 Å². The van der Waals surface area contributed by atoms with Gasteiger partial charge in [-0.05, 0) is 148 Å². The van der Waals surface area contributed by atoms with Crippen molar-refractivity contribution < 1.29 is 4.39 Å². The van der Waals surface area contributed by atoms with E-state index in [1.807, 2.05) is 24.3 Å². The van der Waals surface area contributed by atoms with Gasteiger partial charge in [-0.1, -0.05) is 236 Å². The lowest BCUT2D eigenvalue weighted by Gasteiger charge is -2.13. The molecule has 0 aliphatic heterocycles. The summed E-state index contributed by atoms with van der Waals surface area (Å²) in [4.78, 5) is 0. The first kappa shape index (κ1) is 51.0. The van der Waals surface area contributed by atoms with E-state index in [4.69, 9.17) is 11.6 Å². The Kier molecular flexibility index (Phi) is 18.9. The highest BCUT2D eigenvalue weighted by Gasteiger charge is 2.10. The summed E-state index contributed by atoms with van der Waals surface area (Å²) < 4.78 is 13.8. The second kappa shape index (κ2) is 24.5. The van der Waals surface area contributed by atoms with Crippen LogP contribution in [0.5, 0.6) is 0 Å². The van der Waals surface area contributed by atoms with Crippen LogP contribution in [0.25, 0.3) is 44.5 Å². The van der Waals surface area contributed by atoms with Crippen LogP contribution in [-0.2, 0) is 0 Å². The van der Waals surface area contributed by atoms with Gasteiger partial charge in [0.25, 0.3) is 0 Å². The minimum Gasteiger partial charge on any atom is -0.206 e. The molecule has 0 aliphatic carbocycles. The number of rotatable bonds is 8. The molecule has 66 heavy (non-hydrogen) atoms. The zero-order chi connectivity index (χ0) is 47.9. The summed E-state index contributed by atoms with van der Waals surface area (Å²) in [6.45, 7) is 26.3. The quantitative estimate of drug-likeness (QED) is 0.143. The third-order valence-electron chi connectivity index (χ3n) is 12.1. The summed E-state index contributed by atoms with van der Waals surface area (Å²) in [5.74, 6) is 1.93. The first-order valence-electron chi connectivity index (χ1n) is 23.6. The van der Waals surface area contributed by atoms with Crippen LogP contribution in [0.4, 0.5) is 4.39 Å². The molecule has 0 atom stereocenters. The van der Waals surface area contributed by atoms with Crippen LogP contribution in [0.1, 0.15) is 124 Å². The van der Waals surface area contributed by atoms with E-state index in [-0.39, 0.29) is 5.82 Å². The lowest BCUT2D eigenvalue weighted by Crippen LogP contribution is -1.93. The van der Waals surface area contributed by atoms with E-state index in [0.717, 1.165) is 11.1 Å². The van der Waals surface area contributed by atoms with Crippen LogP contribution in [0.3, 0.4) is 0 Å². The maximum absolute atomic E-state index is 13.8. The van der Waals surface area contributed by atoms with E-state index in [0.29, 0.717) is 34.3 Å². The normalized spacial score (nSPS) is 10.8. The maximum atomic E-state index is 13.8. The molecule has 0 unspecified atom stereocenters. The minimum absolute atomic E-state index is 0.197. The molecule has 8 aromatic rings. The van der Waals surface area contributed by atoms with Crippen molar-refractivity contribution in [1.29, 1.82) is 0 Å². The Morgan fingerprint density at radius 3 is 1.44 bits per heavy atom. The molecule has 0 amide bonds. The molecule has 0 aliphatic rings. The molecule has 0 spiro atoms. The van der Waals surface area contributed by atoms with Crippen LogP contribution in [0.15, 0.2) is 182 Å². The summed E-state index contributed by atoms with van der Waals surface area (Å²) >= 11 is 5.83. The summed E-state index contributed by atoms with van der Waals surface area (Å²) in [6.07, 6.45) is 0. The van der Waals surface area contributed by atoms with Crippen LogP contribution in [0.2, 0.25) is 5.02 Å². The van der Waals surface area contributed by atoms with E-state index >= 15 is 0 Å². The van der Waals surface area contributed by atoms with E-state index < -0.39 is 0 Å². The standard InChI is InChI=1S/C17H20.2C16H18.C15H14ClF/c1-12(2)15-8-6-9-16(11-15)17-10-5-7-13(3)14(17)4;1-12(2)15-5-4-6-16(11-15)14-9-7-13(3)8-10-14;1-12(2)15-10-9-13(3)11-16(15)14-7-5-4-6-8-14;1-10(2)12-5-8-15(17)14(9-12)11-3-6-13(16)7-4-11/h5-12H,1-4H3;2*4-12H,1-3H3;3-10H,1-2H3. The fraction of sp³-hybridized carbons (Fsp3) is 0.250. The average Bonchev–Trinajstić information content (AvgIpc) is 3.31. The van der Waals surface area contributed by atoms with Crippen molar-refractivity contribution in [2.45, 2.75) is 107 Å². The second-order valence-corrected chi connectivity index (χ2v) is 19.1. The number of halogens is 2. The number of aryl methyl sites for hydroxylation is 3. The van der Waals surface area contributed by atoms with Gasteiger partial charge in [0.2, 0.25) is 0 Å². The predicted octanol–water partition coefficient (Wildman–Crippen LogP) is 19.9. The summed E-state index contributed by atoms with van der Waals surface area (Å²) in [5.41, 5.74) is 20.2. The van der Waals surface area contributed by atoms with Gasteiger partial charge >= 0.3 is 0 Å². The van der Waals surface area contributed by atoms with Crippen molar-refractivity contribution >= 4 is 11.6 Å². The smallest absolute Gasteiger partial charge is 0.131 e. The Morgan fingerprint density at radius 1 is 0.348 bits per heavy atom. The number of hydrogen-bond acceptors (Lipinski definition) is 0. The maximum Gasteiger partial charge on any atom is 0.131 e. The van der Waals surface area contributed by atoms with Crippen molar-refractivity contribution in [1.82, 2.24) is 0 Å². The van der Waals surface area contributed by atoms with Gasteiger partial charge in [-0.2, -0.15) is 0 Å². The molecular formula is C64H70ClF. The Labute approximate surface area is 402 Å². The zero-order valence-electron chi connectivity index (χ0n) is 41.4. The van der Waals surface area contributed by atoms with Crippen LogP contribution < -0.4 is 0 Å². The molecular weight excluding hydrogens is 823 g/mol. The highest BCUT2D eigenvalue weighted by Crippen LogP contribution is 2.32. The van der Waals surface area contributed by atoms with Crippen LogP contribution in [0, 0.1) is 33.5 Å². The zero-order valence-corrected chi connectivity index (χ0v) is 42.1. The molecule has 0 saturated heterocycles. The van der Waals surface area contributed by atoms with Crippen LogP contribution >= 0.6 is 11.6 Å². The molecule has 0 heterocycles. The van der Waals surface area contributed by atoms with E-state index in [9.17, 15) is 4.39 Å². The van der Waals surface area contributed by atoms with Gasteiger partial charge in [-0.15, -0.1) is 0 Å². The largest absolute Gasteiger partial charge is 0.206 e. The average molecular weight is 894 g/mol. The van der Waals surface area contributed by atoms with Crippen molar-refractivity contribution in [3.8, 4) is 44.5 Å². The Hall–Kier alpha value is -6.02. The third kappa shape index (κ3) is 14.5. The topological polar surface area (TPSA) is 0 Å². The van der Waals surface area contributed by atoms with Gasteiger partial charge in [-0.25, -0.2) is 4.39 Å². The van der Waals surface area contributed by atoms with Gasteiger partial charge < -0.3 is 0 Å². The first-order chi connectivity index (χ1) is 31.5. The lowest BCUT2D eigenvalue weighted by atomic mass is 9.91. The summed E-state index contributed by atoms with van der Waals surface area (Å²) in [7, 11) is 0. The minimum atomic E-state index is -0.197. The molecule has 2 heteroatoms. The monoisotopic (exact) mass is 893 g/mol. The molecule has 0 fully saturated rings. The number of hydrogen-bond donors (Lipinski definition) is 0. The fourth-order valence-electron chi connectivity index (χ4n) is 7.75. The third-order valence-corrected chi connectivity index (χ3v) is 12.4. The summed E-state index contributed by atoms with van der Waals surface area (Å²) in [6, 6.07) is 62.8. The van der Waals surface area contributed by atoms with Crippen molar-refractivity contribution in [3.63, 3.8) is 0 Å². The fourth-order valence-corrected chi connectivity index (χ4v) is 7.87. The number of benzene rings is 8. The van der Waals surface area contributed by atoms with E-state index in [2.05, 4.69) is 223 Å². The van der Waals surface area contributed by atoms with Gasteiger partial charge in [0.15, 0.2) is 0 Å². The van der Waals surface area contributed by atoms with Crippen molar-refractivity contribution in [2.24, 2.45) is 0 Å². The molecule has 0 radical (unpaired) electrons. The molecule has 0 nitrogen and oxygen atoms in total. The first-order valence-corrected chi connectivity index (χ1v) is 23.9. The molecule has 8 rings (SSSR count). The van der Waals surface area contributed by atoms with Gasteiger partial charge in [0.1, 0.15) is 5.82 Å². The molecule has 0 bridgehead atoms. The van der Waals surface area contributed by atoms with Gasteiger partial charge in [-0.3, -0.25) is 0 Å². The van der Waals surface area contributed by atoms with Crippen molar-refractivity contribution in [3.05, 3.63) is 237 Å². The second-order valence-electron chi connectivity index (χ2n) is 18.7. The highest BCUT2D eigenvalue weighted by molar-refractivity contribution is 6.30.